The number of rotatable bonds is 3. The first-order valence-electron chi connectivity index (χ1n) is 10.5. The van der Waals surface area contributed by atoms with Crippen molar-refractivity contribution in [2.45, 2.75) is 58.3 Å². The summed E-state index contributed by atoms with van der Waals surface area (Å²) in [6.45, 7) is 4.00. The molecule has 154 valence electrons. The van der Waals surface area contributed by atoms with E-state index in [2.05, 4.69) is 15.0 Å². The topological polar surface area (TPSA) is 78.6 Å². The van der Waals surface area contributed by atoms with Gasteiger partial charge in [0.05, 0.1) is 0 Å². The molecule has 1 aliphatic carbocycles. The largest absolute Gasteiger partial charge is 0.325 e. The predicted octanol–water partition coefficient (Wildman–Crippen LogP) is 4.81. The first kappa shape index (κ1) is 22.3. The summed E-state index contributed by atoms with van der Waals surface area (Å²) in [6.07, 6.45) is 7.79. The molecule has 0 saturated heterocycles. The van der Waals surface area contributed by atoms with Crippen molar-refractivity contribution in [3.63, 3.8) is 0 Å². The van der Waals surface area contributed by atoms with Gasteiger partial charge >= 0.3 is 5.69 Å². The van der Waals surface area contributed by atoms with Gasteiger partial charge in [-0.25, -0.2) is 4.79 Å². The quantitative estimate of drug-likeness (QED) is 0.670. The fourth-order valence-corrected chi connectivity index (χ4v) is 3.51. The molecule has 0 atom stereocenters. The van der Waals surface area contributed by atoms with E-state index in [-0.39, 0.29) is 11.5 Å². The van der Waals surface area contributed by atoms with E-state index in [0.29, 0.717) is 12.0 Å². The fourth-order valence-electron chi connectivity index (χ4n) is 3.51. The van der Waals surface area contributed by atoms with Crippen LogP contribution in [0, 0.1) is 0 Å². The zero-order chi connectivity index (χ0) is 20.9. The van der Waals surface area contributed by atoms with Crippen LogP contribution in [0.15, 0.2) is 70.4 Å². The van der Waals surface area contributed by atoms with Crippen molar-refractivity contribution in [2.24, 2.45) is 0 Å². The molecule has 3 aromatic rings. The zero-order valence-electron chi connectivity index (χ0n) is 17.4. The third-order valence-electron chi connectivity index (χ3n) is 4.84. The Balaban J connectivity index is 0.000000317. The average molecular weight is 394 g/mol. The van der Waals surface area contributed by atoms with Crippen LogP contribution in [0.3, 0.4) is 0 Å². The SMILES string of the molecule is CC.O=c1[nH]c(C2CCCCC2)c(Cc2ccccn2)c(=O)[nH]1.c1ccccc1. The van der Waals surface area contributed by atoms with Gasteiger partial charge in [0.15, 0.2) is 0 Å². The molecule has 0 amide bonds. The number of hydrogen-bond acceptors (Lipinski definition) is 3. The van der Waals surface area contributed by atoms with Gasteiger partial charge in [-0.05, 0) is 30.9 Å². The van der Waals surface area contributed by atoms with Crippen LogP contribution in [-0.4, -0.2) is 15.0 Å². The Morgan fingerprint density at radius 2 is 1.48 bits per heavy atom. The van der Waals surface area contributed by atoms with Crippen LogP contribution < -0.4 is 11.2 Å². The van der Waals surface area contributed by atoms with Crippen LogP contribution in [0.1, 0.15) is 68.8 Å². The molecule has 0 radical (unpaired) electrons. The van der Waals surface area contributed by atoms with Crippen molar-refractivity contribution in [2.75, 3.05) is 0 Å². The van der Waals surface area contributed by atoms with E-state index in [1.54, 1.807) is 6.20 Å². The second-order valence-electron chi connectivity index (χ2n) is 6.79. The minimum absolute atomic E-state index is 0.285. The van der Waals surface area contributed by atoms with Crippen molar-refractivity contribution < 1.29 is 0 Å². The molecule has 2 heterocycles. The number of pyridine rings is 1. The third kappa shape index (κ3) is 7.18. The highest BCUT2D eigenvalue weighted by Gasteiger charge is 2.21. The molecule has 0 unspecified atom stereocenters. The van der Waals surface area contributed by atoms with Gasteiger partial charge in [0, 0.05) is 29.6 Å². The van der Waals surface area contributed by atoms with Gasteiger partial charge in [-0.2, -0.15) is 0 Å². The van der Waals surface area contributed by atoms with E-state index in [1.165, 1.54) is 6.42 Å². The molecule has 1 aromatic carbocycles. The van der Waals surface area contributed by atoms with Crippen LogP contribution in [0.2, 0.25) is 0 Å². The molecule has 1 aliphatic rings. The number of H-pyrrole nitrogens is 2. The van der Waals surface area contributed by atoms with Gasteiger partial charge in [0.25, 0.3) is 5.56 Å². The van der Waals surface area contributed by atoms with Crippen molar-refractivity contribution in [3.8, 4) is 0 Å². The lowest BCUT2D eigenvalue weighted by Gasteiger charge is -2.23. The van der Waals surface area contributed by atoms with Crippen molar-refractivity contribution in [3.05, 3.63) is 98.6 Å². The van der Waals surface area contributed by atoms with Crippen molar-refractivity contribution in [1.82, 2.24) is 15.0 Å². The van der Waals surface area contributed by atoms with E-state index >= 15 is 0 Å². The van der Waals surface area contributed by atoms with Gasteiger partial charge in [0.1, 0.15) is 0 Å². The highest BCUT2D eigenvalue weighted by molar-refractivity contribution is 5.26. The third-order valence-corrected chi connectivity index (χ3v) is 4.84. The number of aromatic nitrogens is 3. The average Bonchev–Trinajstić information content (AvgIpc) is 2.80. The van der Waals surface area contributed by atoms with E-state index in [4.69, 9.17) is 0 Å². The molecule has 0 bridgehead atoms. The second-order valence-corrected chi connectivity index (χ2v) is 6.79. The first-order valence-corrected chi connectivity index (χ1v) is 10.5. The summed E-state index contributed by atoms with van der Waals surface area (Å²) in [7, 11) is 0. The van der Waals surface area contributed by atoms with E-state index in [9.17, 15) is 9.59 Å². The summed E-state index contributed by atoms with van der Waals surface area (Å²) in [5.74, 6) is 0.285. The summed E-state index contributed by atoms with van der Waals surface area (Å²) >= 11 is 0. The number of benzene rings is 1. The van der Waals surface area contributed by atoms with Gasteiger partial charge in [-0.1, -0.05) is 75.6 Å². The monoisotopic (exact) mass is 393 g/mol. The van der Waals surface area contributed by atoms with Crippen LogP contribution in [-0.2, 0) is 6.42 Å². The molecular weight excluding hydrogens is 362 g/mol. The smallest absolute Gasteiger partial charge is 0.311 e. The van der Waals surface area contributed by atoms with Crippen molar-refractivity contribution >= 4 is 0 Å². The maximum Gasteiger partial charge on any atom is 0.325 e. The number of hydrogen-bond donors (Lipinski definition) is 2. The molecule has 2 aromatic heterocycles. The van der Waals surface area contributed by atoms with Gasteiger partial charge in [-0.15, -0.1) is 0 Å². The molecule has 29 heavy (non-hydrogen) atoms. The lowest BCUT2D eigenvalue weighted by Crippen LogP contribution is -2.30. The fraction of sp³-hybridized carbons (Fsp3) is 0.375. The first-order chi connectivity index (χ1) is 14.2. The Hall–Kier alpha value is -2.95. The standard InChI is InChI=1S/C16H19N3O2.C6H6.C2H6/c20-15-13(10-12-8-4-5-9-17-12)14(18-16(21)19-15)11-6-2-1-3-7-11;1-2-4-6-5-3-1;1-2/h4-5,8-9,11H,1-3,6-7,10H2,(H2,18,19,20,21);1-6H;1-2H3. The Morgan fingerprint density at radius 3 is 2.03 bits per heavy atom. The Morgan fingerprint density at radius 1 is 0.862 bits per heavy atom. The second kappa shape index (κ2) is 12.5. The predicted molar refractivity (Wildman–Crippen MR) is 118 cm³/mol. The lowest BCUT2D eigenvalue weighted by atomic mass is 9.84. The summed E-state index contributed by atoms with van der Waals surface area (Å²) in [4.78, 5) is 33.3. The number of nitrogens with one attached hydrogen (secondary N) is 2. The highest BCUT2D eigenvalue weighted by atomic mass is 16.2. The van der Waals surface area contributed by atoms with Gasteiger partial charge in [-0.3, -0.25) is 14.8 Å². The van der Waals surface area contributed by atoms with E-state index in [0.717, 1.165) is 37.1 Å². The molecule has 2 N–H and O–H groups in total. The van der Waals surface area contributed by atoms with Gasteiger partial charge < -0.3 is 4.98 Å². The summed E-state index contributed by atoms with van der Waals surface area (Å²) < 4.78 is 0. The molecular formula is C24H31N3O2. The molecule has 5 heteroatoms. The minimum atomic E-state index is -0.412. The van der Waals surface area contributed by atoms with E-state index < -0.39 is 5.69 Å². The maximum absolute atomic E-state index is 12.2. The molecule has 5 nitrogen and oxygen atoms in total. The molecule has 4 rings (SSSR count). The normalized spacial score (nSPS) is 13.4. The van der Waals surface area contributed by atoms with Gasteiger partial charge in [0.2, 0.25) is 0 Å². The number of nitrogens with zero attached hydrogens (tertiary/aromatic N) is 1. The molecule has 0 aliphatic heterocycles. The van der Waals surface area contributed by atoms with Crippen LogP contribution in [0.4, 0.5) is 0 Å². The lowest BCUT2D eigenvalue weighted by molar-refractivity contribution is 0.432. The molecule has 0 spiro atoms. The summed E-state index contributed by atoms with van der Waals surface area (Å²) in [5, 5.41) is 0. The van der Waals surface area contributed by atoms with Crippen LogP contribution >= 0.6 is 0 Å². The molecule has 1 fully saturated rings. The summed E-state index contributed by atoms with van der Waals surface area (Å²) in [5.41, 5.74) is 1.61. The maximum atomic E-state index is 12.2. The Bertz CT molecular complexity index is 901. The Kier molecular flexibility index (Phi) is 9.63. The summed E-state index contributed by atoms with van der Waals surface area (Å²) in [6, 6.07) is 17.7. The molecule has 1 saturated carbocycles. The van der Waals surface area contributed by atoms with Crippen LogP contribution in [0.5, 0.6) is 0 Å². The van der Waals surface area contributed by atoms with Crippen molar-refractivity contribution in [1.29, 1.82) is 0 Å². The highest BCUT2D eigenvalue weighted by Crippen LogP contribution is 2.32. The number of aromatic amines is 2. The Labute approximate surface area is 172 Å². The van der Waals surface area contributed by atoms with E-state index in [1.807, 2.05) is 68.4 Å². The minimum Gasteiger partial charge on any atom is -0.311 e. The van der Waals surface area contributed by atoms with Crippen LogP contribution in [0.25, 0.3) is 0 Å². The zero-order valence-corrected chi connectivity index (χ0v) is 17.4.